The predicted octanol–water partition coefficient (Wildman–Crippen LogP) is 4.06. The molecule has 0 unspecified atom stereocenters. The van der Waals surface area contributed by atoms with Gasteiger partial charge in [0.1, 0.15) is 17.9 Å². The van der Waals surface area contributed by atoms with Crippen LogP contribution >= 0.6 is 11.6 Å². The van der Waals surface area contributed by atoms with E-state index >= 15 is 0 Å². The number of hydrogen-bond donors (Lipinski definition) is 0. The van der Waals surface area contributed by atoms with Crippen molar-refractivity contribution in [2.45, 2.75) is 32.9 Å². The second-order valence-electron chi connectivity index (χ2n) is 6.99. The van der Waals surface area contributed by atoms with Crippen LogP contribution in [0.5, 0.6) is 0 Å². The SMILES string of the molecule is Cc1cccc(CN2CCN(C(=O)Cn3nc(C(F)F)c(Cl)c3C(F)F)CC2)c1. The lowest BCUT2D eigenvalue weighted by molar-refractivity contribution is -0.134. The summed E-state index contributed by atoms with van der Waals surface area (Å²) in [6, 6.07) is 8.16. The summed E-state index contributed by atoms with van der Waals surface area (Å²) in [4.78, 5) is 16.2. The van der Waals surface area contributed by atoms with E-state index in [1.807, 2.05) is 25.1 Å². The van der Waals surface area contributed by atoms with Crippen LogP contribution in [0.3, 0.4) is 0 Å². The molecule has 0 aliphatic carbocycles. The number of nitrogens with zero attached hydrogens (tertiary/aromatic N) is 4. The number of piperazine rings is 1. The van der Waals surface area contributed by atoms with Gasteiger partial charge in [-0.1, -0.05) is 41.4 Å². The Labute approximate surface area is 170 Å². The molecule has 1 aromatic heterocycles. The minimum Gasteiger partial charge on any atom is -0.339 e. The van der Waals surface area contributed by atoms with Crippen LogP contribution in [-0.2, 0) is 17.9 Å². The molecule has 0 radical (unpaired) electrons. The molecule has 2 heterocycles. The summed E-state index contributed by atoms with van der Waals surface area (Å²) >= 11 is 5.62. The summed E-state index contributed by atoms with van der Waals surface area (Å²) in [7, 11) is 0. The number of aryl methyl sites for hydroxylation is 1. The molecule has 0 atom stereocenters. The number of rotatable bonds is 6. The van der Waals surface area contributed by atoms with E-state index in [0.29, 0.717) is 30.9 Å². The highest BCUT2D eigenvalue weighted by Crippen LogP contribution is 2.34. The zero-order valence-corrected chi connectivity index (χ0v) is 16.5. The van der Waals surface area contributed by atoms with Crippen LogP contribution in [0.1, 0.15) is 35.4 Å². The molecule has 1 aliphatic rings. The summed E-state index contributed by atoms with van der Waals surface area (Å²) < 4.78 is 52.9. The molecule has 3 rings (SSSR count). The van der Waals surface area contributed by atoms with Gasteiger partial charge in [-0.15, -0.1) is 0 Å². The zero-order chi connectivity index (χ0) is 21.1. The topological polar surface area (TPSA) is 41.4 Å². The third kappa shape index (κ3) is 5.08. The fourth-order valence-corrected chi connectivity index (χ4v) is 3.69. The van der Waals surface area contributed by atoms with Crippen LogP contribution in [0.15, 0.2) is 24.3 Å². The van der Waals surface area contributed by atoms with E-state index in [0.717, 1.165) is 6.54 Å². The molecule has 1 saturated heterocycles. The molecule has 1 amide bonds. The van der Waals surface area contributed by atoms with Crippen molar-refractivity contribution in [2.24, 2.45) is 0 Å². The molecule has 0 bridgehead atoms. The number of halogens is 5. The molecule has 0 saturated carbocycles. The van der Waals surface area contributed by atoms with Gasteiger partial charge in [0.25, 0.3) is 12.9 Å². The number of alkyl halides is 4. The molecule has 2 aromatic rings. The monoisotopic (exact) mass is 432 g/mol. The Hall–Kier alpha value is -2.13. The minimum absolute atomic E-state index is 0.422. The lowest BCUT2D eigenvalue weighted by atomic mass is 10.1. The van der Waals surface area contributed by atoms with Crippen molar-refractivity contribution < 1.29 is 22.4 Å². The van der Waals surface area contributed by atoms with Gasteiger partial charge in [-0.05, 0) is 12.5 Å². The Morgan fingerprint density at radius 2 is 1.83 bits per heavy atom. The van der Waals surface area contributed by atoms with Crippen LogP contribution in [0.2, 0.25) is 5.02 Å². The van der Waals surface area contributed by atoms with Gasteiger partial charge in [0.2, 0.25) is 5.91 Å². The van der Waals surface area contributed by atoms with Gasteiger partial charge < -0.3 is 4.90 Å². The molecular formula is C19H21ClF4N4O. The maximum Gasteiger partial charge on any atom is 0.283 e. The molecule has 29 heavy (non-hydrogen) atoms. The van der Waals surface area contributed by atoms with Crippen LogP contribution in [0, 0.1) is 6.92 Å². The van der Waals surface area contributed by atoms with Crippen molar-refractivity contribution in [1.82, 2.24) is 19.6 Å². The largest absolute Gasteiger partial charge is 0.339 e. The van der Waals surface area contributed by atoms with Crippen molar-refractivity contribution in [2.75, 3.05) is 26.2 Å². The molecule has 1 aliphatic heterocycles. The van der Waals surface area contributed by atoms with Gasteiger partial charge in [0.15, 0.2) is 0 Å². The third-order valence-electron chi connectivity index (χ3n) is 4.87. The summed E-state index contributed by atoms with van der Waals surface area (Å²) in [5.74, 6) is -0.456. The Morgan fingerprint density at radius 1 is 1.14 bits per heavy atom. The highest BCUT2D eigenvalue weighted by Gasteiger charge is 2.30. The maximum atomic E-state index is 13.2. The summed E-state index contributed by atoms with van der Waals surface area (Å²) in [6.07, 6.45) is -6.21. The molecule has 158 valence electrons. The quantitative estimate of drug-likeness (QED) is 0.646. The van der Waals surface area contributed by atoms with Gasteiger partial charge in [-0.3, -0.25) is 14.4 Å². The second-order valence-corrected chi connectivity index (χ2v) is 7.37. The fraction of sp³-hybridized carbons (Fsp3) is 0.474. The molecule has 0 spiro atoms. The van der Waals surface area contributed by atoms with E-state index in [1.165, 1.54) is 16.0 Å². The minimum atomic E-state index is -3.11. The number of carbonyl (C=O) groups excluding carboxylic acids is 1. The van der Waals surface area contributed by atoms with Crippen LogP contribution < -0.4 is 0 Å². The van der Waals surface area contributed by atoms with Crippen LogP contribution in [0.25, 0.3) is 0 Å². The van der Waals surface area contributed by atoms with Crippen molar-refractivity contribution in [1.29, 1.82) is 0 Å². The lowest BCUT2D eigenvalue weighted by Gasteiger charge is -2.34. The smallest absolute Gasteiger partial charge is 0.283 e. The molecule has 5 nitrogen and oxygen atoms in total. The summed E-state index contributed by atoms with van der Waals surface area (Å²) in [6.45, 7) is 4.33. The van der Waals surface area contributed by atoms with E-state index in [1.54, 1.807) is 0 Å². The average Bonchev–Trinajstić information content (AvgIpc) is 2.98. The highest BCUT2D eigenvalue weighted by atomic mass is 35.5. The highest BCUT2D eigenvalue weighted by molar-refractivity contribution is 6.32. The van der Waals surface area contributed by atoms with Gasteiger partial charge in [-0.25, -0.2) is 17.6 Å². The first-order chi connectivity index (χ1) is 13.8. The van der Waals surface area contributed by atoms with Crippen LogP contribution in [0.4, 0.5) is 17.6 Å². The number of benzene rings is 1. The van der Waals surface area contributed by atoms with Crippen molar-refractivity contribution >= 4 is 17.5 Å². The first kappa shape index (κ1) is 21.6. The molecular weight excluding hydrogens is 412 g/mol. The number of aromatic nitrogens is 2. The predicted molar refractivity (Wildman–Crippen MR) is 100 cm³/mol. The maximum absolute atomic E-state index is 13.2. The molecule has 1 aromatic carbocycles. The van der Waals surface area contributed by atoms with E-state index in [2.05, 4.69) is 16.1 Å². The Morgan fingerprint density at radius 3 is 2.41 bits per heavy atom. The number of amides is 1. The van der Waals surface area contributed by atoms with E-state index in [9.17, 15) is 22.4 Å². The van der Waals surface area contributed by atoms with Gasteiger partial charge in [-0.2, -0.15) is 5.10 Å². The van der Waals surface area contributed by atoms with E-state index in [-0.39, 0.29) is 0 Å². The zero-order valence-electron chi connectivity index (χ0n) is 15.8. The van der Waals surface area contributed by atoms with Crippen molar-refractivity contribution in [3.63, 3.8) is 0 Å². The van der Waals surface area contributed by atoms with Gasteiger partial charge in [0.05, 0.1) is 5.02 Å². The van der Waals surface area contributed by atoms with Crippen molar-refractivity contribution in [3.8, 4) is 0 Å². The molecule has 1 fully saturated rings. The van der Waals surface area contributed by atoms with Crippen LogP contribution in [-0.4, -0.2) is 51.7 Å². The number of carbonyl (C=O) groups is 1. The Balaban J connectivity index is 1.61. The normalized spacial score (nSPS) is 15.5. The third-order valence-corrected chi connectivity index (χ3v) is 5.26. The summed E-state index contributed by atoms with van der Waals surface area (Å²) in [5.41, 5.74) is 0.565. The summed E-state index contributed by atoms with van der Waals surface area (Å²) in [5, 5.41) is 2.65. The molecule has 0 N–H and O–H groups in total. The Bertz CT molecular complexity index is 866. The van der Waals surface area contributed by atoms with E-state index < -0.39 is 41.7 Å². The average molecular weight is 433 g/mol. The fourth-order valence-electron chi connectivity index (χ4n) is 3.39. The number of hydrogen-bond acceptors (Lipinski definition) is 3. The molecule has 10 heteroatoms. The van der Waals surface area contributed by atoms with Crippen molar-refractivity contribution in [3.05, 3.63) is 51.8 Å². The standard InChI is InChI=1S/C19H21ClF4N4O/c1-12-3-2-4-13(9-12)10-26-5-7-27(8-6-26)14(29)11-28-17(19(23)24)15(20)16(25-28)18(21)22/h2-4,9,18-19H,5-8,10-11H2,1H3. The lowest BCUT2D eigenvalue weighted by Crippen LogP contribution is -2.49. The van der Waals surface area contributed by atoms with Gasteiger partial charge in [0, 0.05) is 32.7 Å². The first-order valence-corrected chi connectivity index (χ1v) is 9.52. The van der Waals surface area contributed by atoms with Gasteiger partial charge >= 0.3 is 0 Å². The first-order valence-electron chi connectivity index (χ1n) is 9.14. The van der Waals surface area contributed by atoms with E-state index in [4.69, 9.17) is 11.6 Å². The Kier molecular flexibility index (Phi) is 6.79. The second kappa shape index (κ2) is 9.13.